The molecule has 0 spiro atoms. The van der Waals surface area contributed by atoms with E-state index in [1.54, 1.807) is 0 Å². The molecule has 0 saturated carbocycles. The van der Waals surface area contributed by atoms with E-state index in [4.69, 9.17) is 4.74 Å². The smallest absolute Gasteiger partial charge is 0.195 e. The summed E-state index contributed by atoms with van der Waals surface area (Å²) in [4.78, 5) is 0. The lowest BCUT2D eigenvalue weighted by Gasteiger charge is -2.03. The molecule has 0 unspecified atom stereocenters. The first-order valence-electron chi connectivity index (χ1n) is 4.24. The van der Waals surface area contributed by atoms with Gasteiger partial charge in [-0.2, -0.15) is 0 Å². The van der Waals surface area contributed by atoms with Crippen molar-refractivity contribution in [2.45, 2.75) is 13.3 Å². The maximum absolute atomic E-state index is 5.49. The summed E-state index contributed by atoms with van der Waals surface area (Å²) in [5, 5.41) is 3.06. The fourth-order valence-corrected chi connectivity index (χ4v) is 1.03. The molecule has 1 N–H and O–H groups in total. The summed E-state index contributed by atoms with van der Waals surface area (Å²) < 4.78 is 7.47. The van der Waals surface area contributed by atoms with Crippen molar-refractivity contribution >= 4 is 5.69 Å². The number of rotatable bonds is 4. The van der Waals surface area contributed by atoms with Crippen LogP contribution in [0.25, 0.3) is 0 Å². The topological polar surface area (TPSA) is 26.2 Å². The lowest BCUT2D eigenvalue weighted by Crippen LogP contribution is -1.98. The van der Waals surface area contributed by atoms with Crippen LogP contribution in [0, 0.1) is 0 Å². The van der Waals surface area contributed by atoms with E-state index in [9.17, 15) is 0 Å². The van der Waals surface area contributed by atoms with Crippen LogP contribution in [0.3, 0.4) is 0 Å². The highest BCUT2D eigenvalue weighted by atomic mass is 16.5. The third-order valence-electron chi connectivity index (χ3n) is 1.70. The van der Waals surface area contributed by atoms with Crippen molar-refractivity contribution in [3.63, 3.8) is 0 Å². The first-order chi connectivity index (χ1) is 5.77. The second-order valence-electron chi connectivity index (χ2n) is 2.78. The molecule has 1 rings (SSSR count). The predicted octanol–water partition coefficient (Wildman–Crippen LogP) is 1.86. The summed E-state index contributed by atoms with van der Waals surface area (Å²) in [6, 6.07) is 2.00. The summed E-state index contributed by atoms with van der Waals surface area (Å²) in [5.74, 6) is 0.918. The second-order valence-corrected chi connectivity index (χ2v) is 2.78. The zero-order valence-corrected chi connectivity index (χ0v) is 7.92. The van der Waals surface area contributed by atoms with Crippen LogP contribution < -0.4 is 10.1 Å². The molecule has 3 nitrogen and oxygen atoms in total. The predicted molar refractivity (Wildman–Crippen MR) is 50.7 cm³/mol. The molecule has 0 aliphatic carbocycles. The molecule has 0 fully saturated rings. The molecule has 0 atom stereocenters. The van der Waals surface area contributed by atoms with Crippen molar-refractivity contribution < 1.29 is 4.74 Å². The number of aryl methyl sites for hydroxylation is 1. The van der Waals surface area contributed by atoms with Crippen molar-refractivity contribution in [1.29, 1.82) is 0 Å². The summed E-state index contributed by atoms with van der Waals surface area (Å²) in [6.45, 7) is 2.88. The highest BCUT2D eigenvalue weighted by Gasteiger charge is 2.00. The molecule has 3 heteroatoms. The minimum atomic E-state index is 0.779. The molecule has 0 saturated heterocycles. The quantitative estimate of drug-likeness (QED) is 0.742. The maximum atomic E-state index is 5.49. The van der Waals surface area contributed by atoms with Gasteiger partial charge in [-0.25, -0.2) is 0 Å². The number of nitrogens with one attached hydrogen (secondary N) is 1. The highest BCUT2D eigenvalue weighted by Crippen LogP contribution is 2.18. The van der Waals surface area contributed by atoms with Crippen LogP contribution in [-0.2, 0) is 7.05 Å². The zero-order valence-electron chi connectivity index (χ0n) is 7.92. The zero-order chi connectivity index (χ0) is 8.97. The van der Waals surface area contributed by atoms with Crippen molar-refractivity contribution in [3.8, 4) is 5.88 Å². The highest BCUT2D eigenvalue weighted by molar-refractivity contribution is 5.45. The van der Waals surface area contributed by atoms with Crippen LogP contribution in [0.5, 0.6) is 5.88 Å². The lowest BCUT2D eigenvalue weighted by atomic mass is 10.5. The van der Waals surface area contributed by atoms with Gasteiger partial charge in [-0.1, -0.05) is 6.92 Å². The lowest BCUT2D eigenvalue weighted by molar-refractivity contribution is 0.295. The fraction of sp³-hybridized carbons (Fsp3) is 0.556. The molecular weight excluding hydrogens is 152 g/mol. The molecule has 1 heterocycles. The SMILES string of the molecule is CCCOc1cc(NC)cn1C. The van der Waals surface area contributed by atoms with Gasteiger partial charge in [0.25, 0.3) is 0 Å². The molecule has 0 aliphatic heterocycles. The van der Waals surface area contributed by atoms with E-state index in [1.165, 1.54) is 0 Å². The Kier molecular flexibility index (Phi) is 3.02. The number of nitrogens with zero attached hydrogens (tertiary/aromatic N) is 1. The minimum absolute atomic E-state index is 0.779. The maximum Gasteiger partial charge on any atom is 0.195 e. The molecule has 0 bridgehead atoms. The number of ether oxygens (including phenoxy) is 1. The fourth-order valence-electron chi connectivity index (χ4n) is 1.03. The van der Waals surface area contributed by atoms with Gasteiger partial charge in [0, 0.05) is 26.4 Å². The summed E-state index contributed by atoms with van der Waals surface area (Å²) >= 11 is 0. The average molecular weight is 168 g/mol. The summed E-state index contributed by atoms with van der Waals surface area (Å²) in [7, 11) is 3.88. The Balaban J connectivity index is 2.64. The van der Waals surface area contributed by atoms with Crippen molar-refractivity contribution in [1.82, 2.24) is 4.57 Å². The van der Waals surface area contributed by atoms with Gasteiger partial charge in [0.05, 0.1) is 12.3 Å². The van der Waals surface area contributed by atoms with Crippen LogP contribution in [-0.4, -0.2) is 18.2 Å². The van der Waals surface area contributed by atoms with E-state index in [2.05, 4.69) is 12.2 Å². The van der Waals surface area contributed by atoms with Crippen molar-refractivity contribution in [3.05, 3.63) is 12.3 Å². The number of hydrogen-bond donors (Lipinski definition) is 1. The molecular formula is C9H16N2O. The van der Waals surface area contributed by atoms with Gasteiger partial charge in [0.2, 0.25) is 0 Å². The van der Waals surface area contributed by atoms with Crippen LogP contribution >= 0.6 is 0 Å². The number of hydrogen-bond acceptors (Lipinski definition) is 2. The Labute approximate surface area is 73.3 Å². The van der Waals surface area contributed by atoms with E-state index >= 15 is 0 Å². The van der Waals surface area contributed by atoms with Crippen molar-refractivity contribution in [2.24, 2.45) is 7.05 Å². The number of aromatic nitrogens is 1. The Morgan fingerprint density at radius 2 is 2.33 bits per heavy atom. The van der Waals surface area contributed by atoms with Crippen LogP contribution in [0.4, 0.5) is 5.69 Å². The van der Waals surface area contributed by atoms with E-state index in [0.717, 1.165) is 24.6 Å². The van der Waals surface area contributed by atoms with Gasteiger partial charge in [0.1, 0.15) is 0 Å². The molecule has 0 aromatic carbocycles. The Bertz CT molecular complexity index is 243. The minimum Gasteiger partial charge on any atom is -0.479 e. The van der Waals surface area contributed by atoms with Gasteiger partial charge in [0.15, 0.2) is 5.88 Å². The number of anilines is 1. The summed E-state index contributed by atoms with van der Waals surface area (Å²) in [5.41, 5.74) is 1.09. The van der Waals surface area contributed by atoms with Gasteiger partial charge in [-0.3, -0.25) is 0 Å². The third kappa shape index (κ3) is 1.94. The first-order valence-corrected chi connectivity index (χ1v) is 4.24. The third-order valence-corrected chi connectivity index (χ3v) is 1.70. The second kappa shape index (κ2) is 4.04. The Morgan fingerprint density at radius 1 is 1.58 bits per heavy atom. The van der Waals surface area contributed by atoms with E-state index < -0.39 is 0 Å². The largest absolute Gasteiger partial charge is 0.479 e. The molecule has 1 aromatic heterocycles. The standard InChI is InChI=1S/C9H16N2O/c1-4-5-12-9-6-8(10-2)7-11(9)3/h6-7,10H,4-5H2,1-3H3. The summed E-state index contributed by atoms with van der Waals surface area (Å²) in [6.07, 6.45) is 3.05. The van der Waals surface area contributed by atoms with E-state index in [-0.39, 0.29) is 0 Å². The van der Waals surface area contributed by atoms with Crippen molar-refractivity contribution in [2.75, 3.05) is 19.0 Å². The molecule has 12 heavy (non-hydrogen) atoms. The Hall–Kier alpha value is -1.12. The molecule has 0 radical (unpaired) electrons. The average Bonchev–Trinajstić information content (AvgIpc) is 2.43. The van der Waals surface area contributed by atoms with Gasteiger partial charge in [-0.05, 0) is 6.42 Å². The van der Waals surface area contributed by atoms with Crippen LogP contribution in [0.15, 0.2) is 12.3 Å². The van der Waals surface area contributed by atoms with Gasteiger partial charge < -0.3 is 14.6 Å². The van der Waals surface area contributed by atoms with Crippen LogP contribution in [0.1, 0.15) is 13.3 Å². The molecule has 1 aromatic rings. The van der Waals surface area contributed by atoms with E-state index in [1.807, 2.05) is 30.9 Å². The van der Waals surface area contributed by atoms with Crippen LogP contribution in [0.2, 0.25) is 0 Å². The first kappa shape index (κ1) is 8.97. The molecule has 0 amide bonds. The monoisotopic (exact) mass is 168 g/mol. The Morgan fingerprint density at radius 3 is 2.83 bits per heavy atom. The van der Waals surface area contributed by atoms with Gasteiger partial charge >= 0.3 is 0 Å². The van der Waals surface area contributed by atoms with Gasteiger partial charge in [-0.15, -0.1) is 0 Å². The molecule has 68 valence electrons. The normalized spacial score (nSPS) is 9.92. The van der Waals surface area contributed by atoms with E-state index in [0.29, 0.717) is 0 Å². The molecule has 0 aliphatic rings.